The molecular weight excluding hydrogens is 407 g/mol. The van der Waals surface area contributed by atoms with Crippen molar-refractivity contribution in [3.05, 3.63) is 86.5 Å². The molecule has 0 bridgehead atoms. The zero-order chi connectivity index (χ0) is 21.5. The Kier molecular flexibility index (Phi) is 5.22. The van der Waals surface area contributed by atoms with Crippen molar-refractivity contribution < 1.29 is 4.39 Å². The topological polar surface area (TPSA) is 34.9 Å². The Morgan fingerprint density at radius 1 is 1.10 bits per heavy atom. The maximum Gasteiger partial charge on any atom is 0.263 e. The van der Waals surface area contributed by atoms with E-state index in [1.165, 1.54) is 47.4 Å². The van der Waals surface area contributed by atoms with Gasteiger partial charge in [-0.3, -0.25) is 9.36 Å². The highest BCUT2D eigenvalue weighted by molar-refractivity contribution is 7.17. The molecule has 5 heteroatoms. The first-order valence-electron chi connectivity index (χ1n) is 10.9. The third kappa shape index (κ3) is 3.72. The quantitative estimate of drug-likeness (QED) is 0.378. The third-order valence-electron chi connectivity index (χ3n) is 6.13. The molecule has 0 N–H and O–H groups in total. The fourth-order valence-electron chi connectivity index (χ4n) is 4.56. The van der Waals surface area contributed by atoms with E-state index >= 15 is 0 Å². The molecule has 1 aliphatic rings. The summed E-state index contributed by atoms with van der Waals surface area (Å²) in [5.41, 5.74) is 5.57. The Balaban J connectivity index is 1.68. The lowest BCUT2D eigenvalue weighted by Gasteiger charge is -2.17. The minimum atomic E-state index is -0.295. The van der Waals surface area contributed by atoms with Crippen molar-refractivity contribution in [1.29, 1.82) is 0 Å². The monoisotopic (exact) mass is 432 g/mol. The molecule has 3 nitrogen and oxygen atoms in total. The van der Waals surface area contributed by atoms with Gasteiger partial charge in [0.15, 0.2) is 0 Å². The smallest absolute Gasteiger partial charge is 0.263 e. The van der Waals surface area contributed by atoms with Crippen LogP contribution in [0.1, 0.15) is 55.1 Å². The molecule has 2 aromatic heterocycles. The molecule has 0 saturated carbocycles. The van der Waals surface area contributed by atoms with E-state index in [4.69, 9.17) is 4.98 Å². The Hall–Kier alpha value is -2.79. The van der Waals surface area contributed by atoms with E-state index < -0.39 is 0 Å². The Morgan fingerprint density at radius 3 is 2.68 bits per heavy atom. The second-order valence-corrected chi connectivity index (χ2v) is 9.52. The van der Waals surface area contributed by atoms with Crippen molar-refractivity contribution in [3.8, 4) is 11.1 Å². The molecule has 0 amide bonds. The van der Waals surface area contributed by atoms with E-state index in [1.54, 1.807) is 10.6 Å². The molecule has 5 rings (SSSR count). The molecule has 0 atom stereocenters. The fourth-order valence-corrected chi connectivity index (χ4v) is 5.51. The van der Waals surface area contributed by atoms with Crippen molar-refractivity contribution in [2.45, 2.75) is 52.0 Å². The number of hydrogen-bond acceptors (Lipinski definition) is 3. The second-order valence-electron chi connectivity index (χ2n) is 8.67. The van der Waals surface area contributed by atoms with Crippen LogP contribution in [0, 0.1) is 5.82 Å². The van der Waals surface area contributed by atoms with Gasteiger partial charge in [0.05, 0.1) is 11.9 Å². The number of aromatic nitrogens is 2. The maximum absolute atomic E-state index is 13.8. The van der Waals surface area contributed by atoms with Crippen LogP contribution in [-0.4, -0.2) is 9.55 Å². The van der Waals surface area contributed by atoms with Crippen molar-refractivity contribution in [3.63, 3.8) is 0 Å². The van der Waals surface area contributed by atoms with Gasteiger partial charge in [-0.15, -0.1) is 11.3 Å². The van der Waals surface area contributed by atoms with Gasteiger partial charge in [-0.25, -0.2) is 9.37 Å². The first-order valence-corrected chi connectivity index (χ1v) is 11.8. The summed E-state index contributed by atoms with van der Waals surface area (Å²) >= 11 is 1.52. The minimum absolute atomic E-state index is 0.0491. The van der Waals surface area contributed by atoms with Gasteiger partial charge < -0.3 is 0 Å². The first kappa shape index (κ1) is 20.1. The van der Waals surface area contributed by atoms with E-state index in [0.29, 0.717) is 11.9 Å². The van der Waals surface area contributed by atoms with Gasteiger partial charge >= 0.3 is 0 Å². The molecule has 0 radical (unpaired) electrons. The summed E-state index contributed by atoms with van der Waals surface area (Å²) in [5, 5.41) is 2.72. The van der Waals surface area contributed by atoms with Crippen molar-refractivity contribution in [1.82, 2.24) is 9.55 Å². The lowest BCUT2D eigenvalue weighted by molar-refractivity contribution is 0.612. The zero-order valence-corrected chi connectivity index (χ0v) is 18.6. The van der Waals surface area contributed by atoms with Gasteiger partial charge in [0.25, 0.3) is 5.56 Å². The normalized spacial score (nSPS) is 13.7. The molecule has 0 saturated heterocycles. The van der Waals surface area contributed by atoms with E-state index in [9.17, 15) is 9.18 Å². The number of aryl methyl sites for hydroxylation is 2. The van der Waals surface area contributed by atoms with Gasteiger partial charge in [-0.05, 0) is 60.1 Å². The van der Waals surface area contributed by atoms with Crippen LogP contribution >= 0.6 is 11.3 Å². The average molecular weight is 433 g/mol. The van der Waals surface area contributed by atoms with E-state index in [2.05, 4.69) is 23.6 Å². The largest absolute Gasteiger partial charge is 0.291 e. The molecule has 2 heterocycles. The summed E-state index contributed by atoms with van der Waals surface area (Å²) < 4.78 is 15.5. The van der Waals surface area contributed by atoms with E-state index in [-0.39, 0.29) is 17.3 Å². The molecule has 0 unspecified atom stereocenters. The maximum atomic E-state index is 13.8. The lowest BCUT2D eigenvalue weighted by atomic mass is 9.89. The predicted octanol–water partition coefficient (Wildman–Crippen LogP) is 6.31. The number of halogens is 1. The Morgan fingerprint density at radius 2 is 1.90 bits per heavy atom. The van der Waals surface area contributed by atoms with Crippen molar-refractivity contribution in [2.75, 3.05) is 0 Å². The molecule has 4 aromatic rings. The van der Waals surface area contributed by atoms with Gasteiger partial charge in [-0.2, -0.15) is 0 Å². The van der Waals surface area contributed by atoms with Crippen LogP contribution in [0.4, 0.5) is 4.39 Å². The number of thiophene rings is 1. The highest BCUT2D eigenvalue weighted by Gasteiger charge is 2.20. The summed E-state index contributed by atoms with van der Waals surface area (Å²) in [6, 6.07) is 13.0. The lowest BCUT2D eigenvalue weighted by Crippen LogP contribution is -2.26. The van der Waals surface area contributed by atoms with Crippen molar-refractivity contribution in [2.24, 2.45) is 0 Å². The SMILES string of the molecule is CC(C)c1nc2scc(-c3ccc4c(c3)CCCC4)c2c(=O)n1Cc1cccc(F)c1. The standard InChI is InChI=1S/C26H25FN2OS/c1-16(2)24-28-25-23(26(30)29(24)14-17-6-5-9-21(27)12-17)22(15-31-25)20-11-10-18-7-3-4-8-19(18)13-20/h5-6,9-13,15-16H,3-4,7-8,14H2,1-2H3. The predicted molar refractivity (Wildman–Crippen MR) is 126 cm³/mol. The Labute approximate surface area is 185 Å². The molecular formula is C26H25FN2OS. The fraction of sp³-hybridized carbons (Fsp3) is 0.308. The molecule has 0 fully saturated rings. The number of fused-ring (bicyclic) bond motifs is 2. The van der Waals surface area contributed by atoms with Crippen molar-refractivity contribution >= 4 is 21.6 Å². The number of nitrogens with zero attached hydrogens (tertiary/aromatic N) is 2. The number of hydrogen-bond donors (Lipinski definition) is 0. The molecule has 2 aromatic carbocycles. The number of rotatable bonds is 4. The van der Waals surface area contributed by atoms with Crippen LogP contribution in [-0.2, 0) is 19.4 Å². The highest BCUT2D eigenvalue weighted by Crippen LogP contribution is 2.34. The van der Waals surface area contributed by atoms with Crippen LogP contribution < -0.4 is 5.56 Å². The molecule has 1 aliphatic carbocycles. The van der Waals surface area contributed by atoms with Crippen LogP contribution in [0.2, 0.25) is 0 Å². The van der Waals surface area contributed by atoms with Gasteiger partial charge in [0.2, 0.25) is 0 Å². The summed E-state index contributed by atoms with van der Waals surface area (Å²) in [6.07, 6.45) is 4.71. The molecule has 0 aliphatic heterocycles. The first-order chi connectivity index (χ1) is 15.0. The highest BCUT2D eigenvalue weighted by atomic mass is 32.1. The zero-order valence-electron chi connectivity index (χ0n) is 17.8. The summed E-state index contributed by atoms with van der Waals surface area (Å²) in [7, 11) is 0. The summed E-state index contributed by atoms with van der Waals surface area (Å²) in [6.45, 7) is 4.38. The van der Waals surface area contributed by atoms with Gasteiger partial charge in [0.1, 0.15) is 16.5 Å². The van der Waals surface area contributed by atoms with Crippen LogP contribution in [0.25, 0.3) is 21.3 Å². The third-order valence-corrected chi connectivity index (χ3v) is 7.00. The average Bonchev–Trinajstić information content (AvgIpc) is 3.19. The van der Waals surface area contributed by atoms with E-state index in [0.717, 1.165) is 40.2 Å². The Bertz CT molecular complexity index is 1340. The van der Waals surface area contributed by atoms with Crippen LogP contribution in [0.3, 0.4) is 0 Å². The van der Waals surface area contributed by atoms with Gasteiger partial charge in [0, 0.05) is 16.9 Å². The molecule has 158 valence electrons. The summed E-state index contributed by atoms with van der Waals surface area (Å²) in [4.78, 5) is 19.4. The molecule has 31 heavy (non-hydrogen) atoms. The van der Waals surface area contributed by atoms with E-state index in [1.807, 2.05) is 19.9 Å². The minimum Gasteiger partial charge on any atom is -0.291 e. The van der Waals surface area contributed by atoms with Crippen LogP contribution in [0.5, 0.6) is 0 Å². The van der Waals surface area contributed by atoms with Crippen LogP contribution in [0.15, 0.2) is 52.6 Å². The summed E-state index contributed by atoms with van der Waals surface area (Å²) in [5.74, 6) is 0.525. The van der Waals surface area contributed by atoms with Gasteiger partial charge in [-0.1, -0.05) is 44.2 Å². The number of benzene rings is 2. The second kappa shape index (κ2) is 8.04. The molecule has 0 spiro atoms.